The van der Waals surface area contributed by atoms with Crippen molar-refractivity contribution in [1.29, 1.82) is 0 Å². The summed E-state index contributed by atoms with van der Waals surface area (Å²) in [5.41, 5.74) is 0. The zero-order valence-electron chi connectivity index (χ0n) is 7.40. The molecule has 4 nitrogen and oxygen atoms in total. The van der Waals surface area contributed by atoms with Crippen LogP contribution in [0.1, 0.15) is 13.3 Å². The van der Waals surface area contributed by atoms with Crippen LogP contribution in [0.2, 0.25) is 0 Å². The molecule has 1 aromatic heterocycles. The molecule has 1 heterocycles. The molecule has 0 saturated carbocycles. The minimum absolute atomic E-state index is 0.0330. The normalized spacial score (nSPS) is 9.83. The minimum atomic E-state index is -0.0330. The summed E-state index contributed by atoms with van der Waals surface area (Å²) in [6.07, 6.45) is 5.72. The topological polar surface area (TPSA) is 38.1 Å². The monoisotopic (exact) mass is 167 g/mol. The molecule has 66 valence electrons. The Labute approximate surface area is 71.8 Å². The van der Waals surface area contributed by atoms with E-state index in [2.05, 4.69) is 4.98 Å². The predicted molar refractivity (Wildman–Crippen MR) is 45.9 cm³/mol. The molecule has 1 rings (SSSR count). The lowest BCUT2D eigenvalue weighted by molar-refractivity contribution is 0.210. The average molecular weight is 167 g/mol. The van der Waals surface area contributed by atoms with Gasteiger partial charge < -0.3 is 4.90 Å². The number of carbonyl (C=O) groups excluding carboxylic acids is 1. The van der Waals surface area contributed by atoms with E-state index in [1.165, 1.54) is 10.9 Å². The highest BCUT2D eigenvalue weighted by Crippen LogP contribution is 1.94. The largest absolute Gasteiger partial charge is 0.329 e. The van der Waals surface area contributed by atoms with Gasteiger partial charge in [-0.2, -0.15) is 0 Å². The molecule has 0 unspecified atom stereocenters. The smallest absolute Gasteiger partial charge is 0.327 e. The van der Waals surface area contributed by atoms with Crippen LogP contribution < -0.4 is 0 Å². The van der Waals surface area contributed by atoms with Gasteiger partial charge in [-0.25, -0.2) is 9.78 Å². The van der Waals surface area contributed by atoms with Gasteiger partial charge in [-0.1, -0.05) is 6.92 Å². The highest BCUT2D eigenvalue weighted by Gasteiger charge is 2.07. The molecule has 0 aromatic carbocycles. The van der Waals surface area contributed by atoms with Crippen LogP contribution in [0.15, 0.2) is 18.7 Å². The number of carbonyl (C=O) groups is 1. The van der Waals surface area contributed by atoms with Crippen molar-refractivity contribution < 1.29 is 4.79 Å². The lowest BCUT2D eigenvalue weighted by Gasteiger charge is -2.15. The second-order valence-electron chi connectivity index (χ2n) is 2.67. The molecule has 1 amide bonds. The van der Waals surface area contributed by atoms with Crippen molar-refractivity contribution in [3.8, 4) is 0 Å². The van der Waals surface area contributed by atoms with Crippen LogP contribution in [0.4, 0.5) is 4.79 Å². The fourth-order valence-corrected chi connectivity index (χ4v) is 1.00. The Morgan fingerprint density at radius 1 is 1.67 bits per heavy atom. The summed E-state index contributed by atoms with van der Waals surface area (Å²) in [5, 5.41) is 0. The number of amides is 1. The van der Waals surface area contributed by atoms with Crippen LogP contribution in [0.3, 0.4) is 0 Å². The summed E-state index contributed by atoms with van der Waals surface area (Å²) in [4.78, 5) is 16.9. The first-order chi connectivity index (χ1) is 5.75. The maximum Gasteiger partial charge on any atom is 0.329 e. The summed E-state index contributed by atoms with van der Waals surface area (Å²) < 4.78 is 1.47. The van der Waals surface area contributed by atoms with Gasteiger partial charge in [0.15, 0.2) is 0 Å². The van der Waals surface area contributed by atoms with Crippen molar-refractivity contribution in [2.75, 3.05) is 13.6 Å². The van der Waals surface area contributed by atoms with Gasteiger partial charge in [-0.05, 0) is 6.42 Å². The maximum absolute atomic E-state index is 11.4. The molecule has 0 radical (unpaired) electrons. The third-order valence-corrected chi connectivity index (χ3v) is 1.61. The third kappa shape index (κ3) is 1.84. The van der Waals surface area contributed by atoms with Gasteiger partial charge in [0.1, 0.15) is 6.33 Å². The van der Waals surface area contributed by atoms with Crippen LogP contribution in [0.5, 0.6) is 0 Å². The van der Waals surface area contributed by atoms with E-state index >= 15 is 0 Å². The summed E-state index contributed by atoms with van der Waals surface area (Å²) >= 11 is 0. The number of aromatic nitrogens is 2. The van der Waals surface area contributed by atoms with Gasteiger partial charge in [-0.15, -0.1) is 0 Å². The Bertz CT molecular complexity index is 243. The van der Waals surface area contributed by atoms with Gasteiger partial charge in [-0.3, -0.25) is 4.57 Å². The van der Waals surface area contributed by atoms with E-state index in [-0.39, 0.29) is 6.03 Å². The first kappa shape index (κ1) is 8.77. The molecule has 0 fully saturated rings. The van der Waals surface area contributed by atoms with Crippen molar-refractivity contribution in [2.24, 2.45) is 0 Å². The molecule has 0 atom stereocenters. The van der Waals surface area contributed by atoms with Gasteiger partial charge in [0, 0.05) is 26.0 Å². The molecular formula is C8H13N3O. The Kier molecular flexibility index (Phi) is 2.85. The first-order valence-corrected chi connectivity index (χ1v) is 3.99. The molecular weight excluding hydrogens is 154 g/mol. The van der Waals surface area contributed by atoms with Gasteiger partial charge in [0.05, 0.1) is 0 Å². The zero-order chi connectivity index (χ0) is 8.97. The molecule has 0 spiro atoms. The number of nitrogens with zero attached hydrogens (tertiary/aromatic N) is 3. The SMILES string of the molecule is CCCN(C)C(=O)n1ccnc1. The Hall–Kier alpha value is -1.32. The van der Waals surface area contributed by atoms with E-state index in [9.17, 15) is 4.79 Å². The van der Waals surface area contributed by atoms with Crippen molar-refractivity contribution in [2.45, 2.75) is 13.3 Å². The van der Waals surface area contributed by atoms with E-state index in [0.29, 0.717) is 0 Å². The summed E-state index contributed by atoms with van der Waals surface area (Å²) in [5.74, 6) is 0. The third-order valence-electron chi connectivity index (χ3n) is 1.61. The highest BCUT2D eigenvalue weighted by molar-refractivity contribution is 5.76. The molecule has 0 saturated heterocycles. The maximum atomic E-state index is 11.4. The first-order valence-electron chi connectivity index (χ1n) is 3.99. The molecule has 1 aromatic rings. The number of hydrogen-bond acceptors (Lipinski definition) is 2. The highest BCUT2D eigenvalue weighted by atomic mass is 16.2. The van der Waals surface area contributed by atoms with Crippen LogP contribution in [0.25, 0.3) is 0 Å². The molecule has 12 heavy (non-hydrogen) atoms. The number of imidazole rings is 1. The van der Waals surface area contributed by atoms with Gasteiger partial charge in [0.25, 0.3) is 0 Å². The predicted octanol–water partition coefficient (Wildman–Crippen LogP) is 1.19. The van der Waals surface area contributed by atoms with Crippen LogP contribution in [-0.4, -0.2) is 34.1 Å². The summed E-state index contributed by atoms with van der Waals surface area (Å²) in [6.45, 7) is 2.81. The summed E-state index contributed by atoms with van der Waals surface area (Å²) in [7, 11) is 1.78. The average Bonchev–Trinajstić information content (AvgIpc) is 2.55. The van der Waals surface area contributed by atoms with E-state index in [0.717, 1.165) is 13.0 Å². The molecule has 0 aliphatic carbocycles. The van der Waals surface area contributed by atoms with Gasteiger partial charge >= 0.3 is 6.03 Å². The van der Waals surface area contributed by atoms with Crippen molar-refractivity contribution in [1.82, 2.24) is 14.5 Å². The second kappa shape index (κ2) is 3.90. The quantitative estimate of drug-likeness (QED) is 0.663. The number of rotatable bonds is 2. The molecule has 0 aliphatic heterocycles. The molecule has 0 bridgehead atoms. The van der Waals surface area contributed by atoms with Crippen molar-refractivity contribution in [3.05, 3.63) is 18.7 Å². The lowest BCUT2D eigenvalue weighted by Crippen LogP contribution is -2.30. The summed E-state index contributed by atoms with van der Waals surface area (Å²) in [6, 6.07) is -0.0330. The Balaban J connectivity index is 2.59. The van der Waals surface area contributed by atoms with Crippen molar-refractivity contribution in [3.63, 3.8) is 0 Å². The second-order valence-corrected chi connectivity index (χ2v) is 2.67. The van der Waals surface area contributed by atoms with Gasteiger partial charge in [0.2, 0.25) is 0 Å². The molecule has 0 N–H and O–H groups in total. The van der Waals surface area contributed by atoms with E-state index in [1.54, 1.807) is 24.3 Å². The zero-order valence-corrected chi connectivity index (χ0v) is 7.40. The van der Waals surface area contributed by atoms with E-state index < -0.39 is 0 Å². The van der Waals surface area contributed by atoms with Crippen LogP contribution in [-0.2, 0) is 0 Å². The van der Waals surface area contributed by atoms with Crippen LogP contribution >= 0.6 is 0 Å². The van der Waals surface area contributed by atoms with Crippen LogP contribution in [0, 0.1) is 0 Å². The Morgan fingerprint density at radius 2 is 2.42 bits per heavy atom. The van der Waals surface area contributed by atoms with E-state index in [4.69, 9.17) is 0 Å². The standard InChI is InChI=1S/C8H13N3O/c1-3-5-10(2)8(12)11-6-4-9-7-11/h4,6-7H,3,5H2,1-2H3. The molecule has 4 heteroatoms. The lowest BCUT2D eigenvalue weighted by atomic mass is 10.4. The fraction of sp³-hybridized carbons (Fsp3) is 0.500. The molecule has 0 aliphatic rings. The number of hydrogen-bond donors (Lipinski definition) is 0. The fourth-order valence-electron chi connectivity index (χ4n) is 1.00. The Morgan fingerprint density at radius 3 is 2.92 bits per heavy atom. The van der Waals surface area contributed by atoms with E-state index in [1.807, 2.05) is 6.92 Å². The van der Waals surface area contributed by atoms with Crippen molar-refractivity contribution >= 4 is 6.03 Å². The minimum Gasteiger partial charge on any atom is -0.327 e.